The summed E-state index contributed by atoms with van der Waals surface area (Å²) >= 11 is 0. The third-order valence-corrected chi connectivity index (χ3v) is 5.08. The number of aliphatic hydroxyl groups excluding tert-OH is 1. The fraction of sp³-hybridized carbons (Fsp3) is 1.00. The molecule has 1 aliphatic rings. The van der Waals surface area contributed by atoms with E-state index in [1.54, 1.807) is 0 Å². The number of hydrogen-bond acceptors (Lipinski definition) is 6. The lowest BCUT2D eigenvalue weighted by Gasteiger charge is -2.36. The first kappa shape index (κ1) is 20.8. The second-order valence-corrected chi connectivity index (χ2v) is 7.55. The molecule has 0 radical (unpaired) electrons. The van der Waals surface area contributed by atoms with Gasteiger partial charge in [0, 0.05) is 0 Å². The summed E-state index contributed by atoms with van der Waals surface area (Å²) in [5.74, 6) is -2.38. The molecule has 0 aromatic rings. The number of hydrogen-bond donors (Lipinski definition) is 2. The van der Waals surface area contributed by atoms with Gasteiger partial charge in [0.25, 0.3) is 0 Å². The van der Waals surface area contributed by atoms with Crippen molar-refractivity contribution in [1.82, 2.24) is 0 Å². The van der Waals surface area contributed by atoms with Gasteiger partial charge in [0.2, 0.25) is 0 Å². The first-order valence-electron chi connectivity index (χ1n) is 8.96. The van der Waals surface area contributed by atoms with Crippen LogP contribution in [0.3, 0.4) is 0 Å². The van der Waals surface area contributed by atoms with Crippen molar-refractivity contribution in [2.75, 3.05) is 0 Å². The molecule has 0 aliphatic carbocycles. The maximum atomic E-state index is 10.7. The second kappa shape index (κ2) is 10.6. The van der Waals surface area contributed by atoms with E-state index in [1.165, 1.54) is 57.8 Å². The van der Waals surface area contributed by atoms with Crippen molar-refractivity contribution in [2.24, 2.45) is 0 Å². The molecule has 0 amide bonds. The van der Waals surface area contributed by atoms with Gasteiger partial charge in [-0.15, -0.1) is 0 Å². The highest BCUT2D eigenvalue weighted by Gasteiger charge is 2.56. The predicted octanol–water partition coefficient (Wildman–Crippen LogP) is 3.38. The van der Waals surface area contributed by atoms with E-state index in [4.69, 9.17) is 0 Å². The van der Waals surface area contributed by atoms with E-state index in [0.717, 1.165) is 12.8 Å². The molecule has 2 N–H and O–H groups in total. The standard InChI is InChI=1S/C16H32O6S/c1-2-3-4-5-6-7-8-9-10-11-12-13-14-15(17)16(18)21-23(19,20)22-16/h15,17-18H,2-14H2,1H3. The van der Waals surface area contributed by atoms with Gasteiger partial charge in [-0.05, 0) is 6.42 Å². The molecule has 0 bridgehead atoms. The molecule has 1 aliphatic heterocycles. The topological polar surface area (TPSA) is 93.1 Å². The van der Waals surface area contributed by atoms with Crippen LogP contribution in [0.4, 0.5) is 0 Å². The lowest BCUT2D eigenvalue weighted by molar-refractivity contribution is -0.367. The Bertz CT molecular complexity index is 397. The minimum absolute atomic E-state index is 0.253. The molecule has 7 heteroatoms. The average Bonchev–Trinajstić information content (AvgIpc) is 2.46. The molecule has 0 spiro atoms. The van der Waals surface area contributed by atoms with Crippen molar-refractivity contribution in [2.45, 2.75) is 102 Å². The Morgan fingerprint density at radius 3 is 1.61 bits per heavy atom. The quantitative estimate of drug-likeness (QED) is 0.466. The third kappa shape index (κ3) is 8.44. The lowest BCUT2D eigenvalue weighted by atomic mass is 10.0. The molecule has 1 heterocycles. The molecule has 1 atom stereocenters. The fourth-order valence-electron chi connectivity index (χ4n) is 2.77. The maximum Gasteiger partial charge on any atom is 0.409 e. The van der Waals surface area contributed by atoms with Crippen LogP contribution in [0.2, 0.25) is 0 Å². The number of aliphatic hydroxyl groups is 2. The van der Waals surface area contributed by atoms with Gasteiger partial charge in [-0.25, -0.2) is 0 Å². The molecule has 0 saturated carbocycles. The summed E-state index contributed by atoms with van der Waals surface area (Å²) in [6.45, 7) is 2.23. The van der Waals surface area contributed by atoms with Gasteiger partial charge in [-0.2, -0.15) is 16.8 Å². The van der Waals surface area contributed by atoms with Gasteiger partial charge in [-0.3, -0.25) is 0 Å². The van der Waals surface area contributed by atoms with E-state index in [-0.39, 0.29) is 6.42 Å². The van der Waals surface area contributed by atoms with E-state index in [1.807, 2.05) is 0 Å². The zero-order valence-corrected chi connectivity index (χ0v) is 15.0. The SMILES string of the molecule is CCCCCCCCCCCCCCC(O)C1(O)OS(=O)(=O)O1. The van der Waals surface area contributed by atoms with Crippen LogP contribution in [0.5, 0.6) is 0 Å². The van der Waals surface area contributed by atoms with E-state index in [0.29, 0.717) is 6.42 Å². The Hall–Kier alpha value is -0.210. The smallest absolute Gasteiger partial charge is 0.385 e. The number of rotatable bonds is 14. The van der Waals surface area contributed by atoms with Gasteiger partial charge in [-0.1, -0.05) is 84.0 Å². The Balaban J connectivity index is 1.87. The molecule has 1 saturated heterocycles. The van der Waals surface area contributed by atoms with Gasteiger partial charge < -0.3 is 10.2 Å². The van der Waals surface area contributed by atoms with Crippen LogP contribution in [0, 0.1) is 0 Å². The normalized spacial score (nSPS) is 20.1. The van der Waals surface area contributed by atoms with E-state index in [9.17, 15) is 18.6 Å². The first-order valence-corrected chi connectivity index (χ1v) is 10.3. The van der Waals surface area contributed by atoms with Gasteiger partial charge in [0.1, 0.15) is 6.10 Å². The molecule has 1 unspecified atom stereocenters. The number of unbranched alkanes of at least 4 members (excludes halogenated alkanes) is 11. The summed E-state index contributed by atoms with van der Waals surface area (Å²) in [5, 5.41) is 19.2. The molecule has 1 rings (SSSR count). The van der Waals surface area contributed by atoms with Crippen LogP contribution >= 0.6 is 0 Å². The summed E-state index contributed by atoms with van der Waals surface area (Å²) in [7, 11) is -4.10. The van der Waals surface area contributed by atoms with Crippen LogP contribution in [0.15, 0.2) is 0 Å². The maximum absolute atomic E-state index is 10.7. The van der Waals surface area contributed by atoms with Crippen LogP contribution < -0.4 is 0 Å². The Labute approximate surface area is 140 Å². The molecular weight excluding hydrogens is 320 g/mol. The van der Waals surface area contributed by atoms with E-state index >= 15 is 0 Å². The van der Waals surface area contributed by atoms with E-state index < -0.39 is 22.5 Å². The lowest BCUT2D eigenvalue weighted by Crippen LogP contribution is -2.58. The predicted molar refractivity (Wildman–Crippen MR) is 87.7 cm³/mol. The molecule has 0 aromatic heterocycles. The highest BCUT2D eigenvalue weighted by Crippen LogP contribution is 2.33. The highest BCUT2D eigenvalue weighted by molar-refractivity contribution is 7.82. The van der Waals surface area contributed by atoms with Gasteiger partial charge >= 0.3 is 16.4 Å². The van der Waals surface area contributed by atoms with Crippen LogP contribution in [-0.4, -0.2) is 30.7 Å². The van der Waals surface area contributed by atoms with E-state index in [2.05, 4.69) is 15.3 Å². The van der Waals surface area contributed by atoms with Crippen molar-refractivity contribution in [3.63, 3.8) is 0 Å². The minimum atomic E-state index is -4.10. The summed E-state index contributed by atoms with van der Waals surface area (Å²) in [4.78, 5) is 0. The monoisotopic (exact) mass is 352 g/mol. The Morgan fingerprint density at radius 2 is 1.22 bits per heavy atom. The third-order valence-electron chi connectivity index (χ3n) is 4.20. The molecule has 0 aromatic carbocycles. The van der Waals surface area contributed by atoms with Crippen LogP contribution in [-0.2, 0) is 18.8 Å². The fourth-order valence-corrected chi connectivity index (χ4v) is 3.59. The van der Waals surface area contributed by atoms with Crippen molar-refractivity contribution in [1.29, 1.82) is 0 Å². The Morgan fingerprint density at radius 1 is 0.826 bits per heavy atom. The summed E-state index contributed by atoms with van der Waals surface area (Å²) in [6.07, 6.45) is 13.4. The van der Waals surface area contributed by atoms with Crippen molar-refractivity contribution < 1.29 is 27.0 Å². The largest absolute Gasteiger partial charge is 0.409 e. The second-order valence-electron chi connectivity index (χ2n) is 6.40. The minimum Gasteiger partial charge on any atom is -0.385 e. The molecule has 138 valence electrons. The van der Waals surface area contributed by atoms with Gasteiger partial charge in [0.05, 0.1) is 0 Å². The average molecular weight is 352 g/mol. The van der Waals surface area contributed by atoms with Crippen LogP contribution in [0.25, 0.3) is 0 Å². The molecule has 23 heavy (non-hydrogen) atoms. The van der Waals surface area contributed by atoms with Crippen molar-refractivity contribution >= 4 is 10.4 Å². The summed E-state index contributed by atoms with van der Waals surface area (Å²) in [5.41, 5.74) is 0. The zero-order valence-electron chi connectivity index (χ0n) is 14.2. The Kier molecular flexibility index (Phi) is 9.61. The van der Waals surface area contributed by atoms with Crippen molar-refractivity contribution in [3.8, 4) is 0 Å². The van der Waals surface area contributed by atoms with Gasteiger partial charge in [0.15, 0.2) is 0 Å². The zero-order chi connectivity index (χ0) is 17.2. The summed E-state index contributed by atoms with van der Waals surface area (Å²) in [6, 6.07) is 0. The first-order chi connectivity index (χ1) is 10.9. The highest BCUT2D eigenvalue weighted by atomic mass is 32.3. The summed E-state index contributed by atoms with van der Waals surface area (Å²) < 4.78 is 29.7. The molecule has 6 nitrogen and oxygen atoms in total. The molecular formula is C16H32O6S. The molecule has 1 fully saturated rings. The van der Waals surface area contributed by atoms with Crippen LogP contribution in [0.1, 0.15) is 90.4 Å². The van der Waals surface area contributed by atoms with Crippen molar-refractivity contribution in [3.05, 3.63) is 0 Å².